The van der Waals surface area contributed by atoms with Crippen LogP contribution in [0.25, 0.3) is 0 Å². The van der Waals surface area contributed by atoms with E-state index in [1.54, 1.807) is 0 Å². The molecule has 3 nitrogen and oxygen atoms in total. The highest BCUT2D eigenvalue weighted by atomic mass is 32.2. The van der Waals surface area contributed by atoms with Gasteiger partial charge in [-0.1, -0.05) is 0 Å². The highest BCUT2D eigenvalue weighted by Gasteiger charge is 2.12. The van der Waals surface area contributed by atoms with E-state index in [2.05, 4.69) is 25.1 Å². The van der Waals surface area contributed by atoms with Crippen molar-refractivity contribution in [1.82, 2.24) is 0 Å². The van der Waals surface area contributed by atoms with Gasteiger partial charge in [0, 0.05) is 30.6 Å². The third-order valence-corrected chi connectivity index (χ3v) is 3.65. The van der Waals surface area contributed by atoms with E-state index in [1.165, 1.54) is 0 Å². The van der Waals surface area contributed by atoms with Crippen molar-refractivity contribution in [2.24, 2.45) is 0 Å². The fourth-order valence-electron chi connectivity index (χ4n) is 1.71. The summed E-state index contributed by atoms with van der Waals surface area (Å²) in [6, 6.07) is 6.46. The molecule has 0 bridgehead atoms. The van der Waals surface area contributed by atoms with Gasteiger partial charge in [-0.25, -0.2) is 0 Å². The third-order valence-electron chi connectivity index (χ3n) is 2.84. The lowest BCUT2D eigenvalue weighted by Crippen LogP contribution is -2.30. The van der Waals surface area contributed by atoms with E-state index in [0.29, 0.717) is 11.7 Å². The van der Waals surface area contributed by atoms with Crippen molar-refractivity contribution in [2.45, 2.75) is 32.9 Å². The van der Waals surface area contributed by atoms with Crippen molar-refractivity contribution >= 4 is 23.1 Å². The van der Waals surface area contributed by atoms with Crippen LogP contribution < -0.4 is 15.4 Å². The van der Waals surface area contributed by atoms with Crippen molar-refractivity contribution in [2.75, 3.05) is 29.7 Å². The summed E-state index contributed by atoms with van der Waals surface area (Å²) in [5, 5.41) is 0. The van der Waals surface area contributed by atoms with E-state index in [0.717, 1.165) is 17.2 Å². The van der Waals surface area contributed by atoms with Crippen molar-refractivity contribution in [3.63, 3.8) is 0 Å². The number of hydrogen-bond donors (Lipinski definition) is 1. The van der Waals surface area contributed by atoms with Gasteiger partial charge in [-0.15, -0.1) is 0 Å². The van der Waals surface area contributed by atoms with Crippen LogP contribution in [0.2, 0.25) is 0 Å². The molecule has 0 heterocycles. The lowest BCUT2D eigenvalue weighted by Gasteiger charge is -2.27. The van der Waals surface area contributed by atoms with Crippen molar-refractivity contribution in [1.29, 1.82) is 0 Å². The van der Waals surface area contributed by atoms with Crippen molar-refractivity contribution in [3.8, 4) is 5.75 Å². The van der Waals surface area contributed by atoms with E-state index >= 15 is 0 Å². The van der Waals surface area contributed by atoms with Crippen LogP contribution >= 0.6 is 11.8 Å². The summed E-state index contributed by atoms with van der Waals surface area (Å²) in [5.74, 6) is 1.87. The molecular formula is C14H24N2OS. The monoisotopic (exact) mass is 268 g/mol. The molecule has 0 saturated carbocycles. The Morgan fingerprint density at radius 3 is 2.56 bits per heavy atom. The van der Waals surface area contributed by atoms with E-state index in [9.17, 15) is 0 Å². The number of nitrogens with zero attached hydrogens (tertiary/aromatic N) is 1. The van der Waals surface area contributed by atoms with E-state index < -0.39 is 0 Å². The van der Waals surface area contributed by atoms with Crippen LogP contribution in [0.4, 0.5) is 11.4 Å². The summed E-state index contributed by atoms with van der Waals surface area (Å²) in [4.78, 5) is 2.25. The smallest absolute Gasteiger partial charge is 0.144 e. The SMILES string of the molecule is CSCC(C)N(C)c1ccc(N)c(OC(C)C)c1. The molecule has 1 rings (SSSR count). The second-order valence-corrected chi connectivity index (χ2v) is 5.71. The molecule has 0 aliphatic carbocycles. The van der Waals surface area contributed by atoms with Gasteiger partial charge in [0.2, 0.25) is 0 Å². The molecule has 102 valence electrons. The van der Waals surface area contributed by atoms with Gasteiger partial charge in [-0.05, 0) is 39.2 Å². The number of thioether (sulfide) groups is 1. The number of nitrogens with two attached hydrogens (primary N) is 1. The largest absolute Gasteiger partial charge is 0.489 e. The molecule has 1 aromatic rings. The van der Waals surface area contributed by atoms with E-state index in [1.807, 2.05) is 43.8 Å². The van der Waals surface area contributed by atoms with Gasteiger partial charge in [0.25, 0.3) is 0 Å². The molecule has 1 atom stereocenters. The maximum absolute atomic E-state index is 5.93. The number of benzene rings is 1. The Hall–Kier alpha value is -1.03. The Labute approximate surface area is 115 Å². The van der Waals surface area contributed by atoms with Gasteiger partial charge in [0.15, 0.2) is 0 Å². The molecule has 0 spiro atoms. The van der Waals surface area contributed by atoms with Crippen LogP contribution in [-0.2, 0) is 0 Å². The molecule has 0 radical (unpaired) electrons. The Balaban J connectivity index is 2.89. The lowest BCUT2D eigenvalue weighted by atomic mass is 10.2. The van der Waals surface area contributed by atoms with Gasteiger partial charge in [-0.2, -0.15) is 11.8 Å². The molecule has 1 unspecified atom stereocenters. The second-order valence-electron chi connectivity index (χ2n) is 4.80. The van der Waals surface area contributed by atoms with Gasteiger partial charge < -0.3 is 15.4 Å². The van der Waals surface area contributed by atoms with Crippen LogP contribution in [0.15, 0.2) is 18.2 Å². The summed E-state index contributed by atoms with van der Waals surface area (Å²) in [5.41, 5.74) is 7.76. The zero-order valence-electron chi connectivity index (χ0n) is 11.9. The first-order valence-corrected chi connectivity index (χ1v) is 7.63. The fourth-order valence-corrected chi connectivity index (χ4v) is 2.41. The van der Waals surface area contributed by atoms with Gasteiger partial charge in [-0.3, -0.25) is 0 Å². The molecule has 0 fully saturated rings. The molecule has 18 heavy (non-hydrogen) atoms. The van der Waals surface area contributed by atoms with Gasteiger partial charge in [0.05, 0.1) is 11.8 Å². The molecule has 0 amide bonds. The molecule has 0 aliphatic rings. The Kier molecular flexibility index (Phi) is 5.66. The zero-order chi connectivity index (χ0) is 13.7. The molecule has 1 aromatic carbocycles. The lowest BCUT2D eigenvalue weighted by molar-refractivity contribution is 0.244. The van der Waals surface area contributed by atoms with Gasteiger partial charge in [0.1, 0.15) is 5.75 Å². The minimum atomic E-state index is 0.136. The average molecular weight is 268 g/mol. The fraction of sp³-hybridized carbons (Fsp3) is 0.571. The maximum atomic E-state index is 5.93. The standard InChI is InChI=1S/C14H24N2OS/c1-10(2)17-14-8-12(6-7-13(14)15)16(4)11(3)9-18-5/h6-8,10-11H,9,15H2,1-5H3. The molecule has 4 heteroatoms. The predicted octanol–water partition coefficient (Wildman–Crippen LogP) is 3.24. The third kappa shape index (κ3) is 4.02. The van der Waals surface area contributed by atoms with E-state index in [4.69, 9.17) is 10.5 Å². The molecular weight excluding hydrogens is 244 g/mol. The minimum absolute atomic E-state index is 0.136. The topological polar surface area (TPSA) is 38.5 Å². The number of anilines is 2. The Morgan fingerprint density at radius 1 is 1.33 bits per heavy atom. The highest BCUT2D eigenvalue weighted by molar-refractivity contribution is 7.98. The Bertz CT molecular complexity index is 382. The highest BCUT2D eigenvalue weighted by Crippen LogP contribution is 2.29. The zero-order valence-corrected chi connectivity index (χ0v) is 12.8. The molecule has 0 aromatic heterocycles. The normalized spacial score (nSPS) is 12.6. The summed E-state index contributed by atoms with van der Waals surface area (Å²) in [6.07, 6.45) is 2.26. The van der Waals surface area contributed by atoms with Crippen LogP contribution in [0, 0.1) is 0 Å². The van der Waals surface area contributed by atoms with Crippen LogP contribution in [0.3, 0.4) is 0 Å². The molecule has 2 N–H and O–H groups in total. The number of rotatable bonds is 6. The first-order chi connectivity index (χ1) is 8.45. The van der Waals surface area contributed by atoms with Crippen LogP contribution in [-0.4, -0.2) is 31.2 Å². The van der Waals surface area contributed by atoms with Gasteiger partial charge >= 0.3 is 0 Å². The van der Waals surface area contributed by atoms with Crippen LogP contribution in [0.1, 0.15) is 20.8 Å². The predicted molar refractivity (Wildman–Crippen MR) is 82.9 cm³/mol. The summed E-state index contributed by atoms with van der Waals surface area (Å²) < 4.78 is 5.72. The molecule has 0 aliphatic heterocycles. The van der Waals surface area contributed by atoms with Crippen molar-refractivity contribution in [3.05, 3.63) is 18.2 Å². The summed E-state index contributed by atoms with van der Waals surface area (Å²) in [7, 11) is 2.10. The second kappa shape index (κ2) is 6.78. The number of ether oxygens (including phenoxy) is 1. The first-order valence-electron chi connectivity index (χ1n) is 6.23. The summed E-state index contributed by atoms with van der Waals surface area (Å²) in [6.45, 7) is 6.23. The summed E-state index contributed by atoms with van der Waals surface area (Å²) >= 11 is 1.85. The first kappa shape index (κ1) is 15.0. The Morgan fingerprint density at radius 2 is 2.00 bits per heavy atom. The minimum Gasteiger partial charge on any atom is -0.489 e. The van der Waals surface area contributed by atoms with E-state index in [-0.39, 0.29) is 6.10 Å². The van der Waals surface area contributed by atoms with Crippen LogP contribution in [0.5, 0.6) is 5.75 Å². The molecule has 0 saturated heterocycles. The quantitative estimate of drug-likeness (QED) is 0.804. The number of hydrogen-bond acceptors (Lipinski definition) is 4. The maximum Gasteiger partial charge on any atom is 0.144 e. The average Bonchev–Trinajstić information content (AvgIpc) is 2.31. The van der Waals surface area contributed by atoms with Crippen molar-refractivity contribution < 1.29 is 4.74 Å². The number of nitrogen functional groups attached to an aromatic ring is 1.